The van der Waals surface area contributed by atoms with Crippen LogP contribution in [0, 0.1) is 5.92 Å². The summed E-state index contributed by atoms with van der Waals surface area (Å²) in [5.41, 5.74) is 2.34. The molecule has 0 radical (unpaired) electrons. The van der Waals surface area contributed by atoms with Gasteiger partial charge in [0, 0.05) is 31.8 Å². The zero-order valence-corrected chi connectivity index (χ0v) is 16.8. The Balaban J connectivity index is 1.53. The van der Waals surface area contributed by atoms with Crippen molar-refractivity contribution in [2.24, 2.45) is 5.92 Å². The molecule has 0 spiro atoms. The number of likely N-dealkylation sites (tertiary alicyclic amines) is 1. The second-order valence-electron chi connectivity index (χ2n) is 7.21. The molecule has 1 unspecified atom stereocenters. The number of nitrogens with zero attached hydrogens (tertiary/aromatic N) is 1. The number of ether oxygens (including phenoxy) is 2. The smallest absolute Gasteiger partial charge is 0.286 e. The van der Waals surface area contributed by atoms with Crippen LogP contribution < -0.4 is 10.1 Å². The number of furan rings is 1. The zero-order chi connectivity index (χ0) is 19.8. The van der Waals surface area contributed by atoms with Gasteiger partial charge < -0.3 is 19.2 Å². The quantitative estimate of drug-likeness (QED) is 0.715. The molecule has 1 amide bonds. The molecule has 1 saturated heterocycles. The van der Waals surface area contributed by atoms with Crippen LogP contribution in [0.1, 0.15) is 41.4 Å². The Morgan fingerprint density at radius 2 is 2.25 bits per heavy atom. The number of benzene rings is 1. The summed E-state index contributed by atoms with van der Waals surface area (Å²) in [5, 5.41) is 2.99. The van der Waals surface area contributed by atoms with E-state index in [1.54, 1.807) is 19.2 Å². The fourth-order valence-electron chi connectivity index (χ4n) is 3.71. The topological polar surface area (TPSA) is 63.9 Å². The second-order valence-corrected chi connectivity index (χ2v) is 7.21. The molecule has 0 saturated carbocycles. The van der Waals surface area contributed by atoms with E-state index in [2.05, 4.69) is 22.3 Å². The third kappa shape index (κ3) is 5.59. The maximum atomic E-state index is 12.1. The van der Waals surface area contributed by atoms with E-state index in [1.165, 1.54) is 11.8 Å². The van der Waals surface area contributed by atoms with E-state index in [1.807, 2.05) is 13.0 Å². The summed E-state index contributed by atoms with van der Waals surface area (Å²) in [6.07, 6.45) is 3.79. The van der Waals surface area contributed by atoms with Gasteiger partial charge in [-0.1, -0.05) is 6.07 Å². The van der Waals surface area contributed by atoms with E-state index in [4.69, 9.17) is 13.9 Å². The molecule has 3 rings (SSSR count). The van der Waals surface area contributed by atoms with Crippen molar-refractivity contribution in [3.05, 3.63) is 53.5 Å². The average molecular weight is 386 g/mol. The van der Waals surface area contributed by atoms with E-state index < -0.39 is 0 Å². The molecule has 2 aromatic rings. The number of carbonyl (C=O) groups excluding carboxylic acids is 1. The number of carbonyl (C=O) groups is 1. The lowest BCUT2D eigenvalue weighted by molar-refractivity contribution is 0.0903. The van der Waals surface area contributed by atoms with Crippen molar-refractivity contribution in [3.8, 4) is 5.75 Å². The Labute approximate surface area is 166 Å². The lowest BCUT2D eigenvalue weighted by atomic mass is 9.97. The largest absolute Gasteiger partial charge is 0.496 e. The molecule has 152 valence electrons. The number of methoxy groups -OCH3 is 1. The summed E-state index contributed by atoms with van der Waals surface area (Å²) in [7, 11) is 1.69. The first-order valence-electron chi connectivity index (χ1n) is 9.97. The van der Waals surface area contributed by atoms with Crippen LogP contribution in [0.15, 0.2) is 41.0 Å². The van der Waals surface area contributed by atoms with Gasteiger partial charge in [-0.05, 0) is 62.1 Å². The maximum absolute atomic E-state index is 12.1. The maximum Gasteiger partial charge on any atom is 0.286 e. The number of hydrogen-bond donors (Lipinski definition) is 1. The van der Waals surface area contributed by atoms with E-state index in [0.717, 1.165) is 43.8 Å². The van der Waals surface area contributed by atoms with Crippen molar-refractivity contribution in [3.63, 3.8) is 0 Å². The van der Waals surface area contributed by atoms with Gasteiger partial charge in [0.05, 0.1) is 20.0 Å². The van der Waals surface area contributed by atoms with Crippen LogP contribution in [0.5, 0.6) is 5.75 Å². The van der Waals surface area contributed by atoms with Gasteiger partial charge in [0.1, 0.15) is 5.75 Å². The molecule has 1 aromatic carbocycles. The van der Waals surface area contributed by atoms with E-state index >= 15 is 0 Å². The summed E-state index contributed by atoms with van der Waals surface area (Å²) in [4.78, 5) is 14.5. The molecule has 1 aliphatic rings. The summed E-state index contributed by atoms with van der Waals surface area (Å²) >= 11 is 0. The molecule has 2 heterocycles. The van der Waals surface area contributed by atoms with Crippen molar-refractivity contribution >= 4 is 5.91 Å². The lowest BCUT2D eigenvalue weighted by Gasteiger charge is -2.33. The van der Waals surface area contributed by atoms with Gasteiger partial charge in [-0.2, -0.15) is 0 Å². The van der Waals surface area contributed by atoms with Crippen molar-refractivity contribution in [1.82, 2.24) is 10.2 Å². The fraction of sp³-hybridized carbons (Fsp3) is 0.500. The van der Waals surface area contributed by atoms with Crippen LogP contribution in [0.3, 0.4) is 0 Å². The Morgan fingerprint density at radius 1 is 1.36 bits per heavy atom. The molecule has 0 aliphatic carbocycles. The predicted octanol–water partition coefficient (Wildman–Crippen LogP) is 3.47. The van der Waals surface area contributed by atoms with Crippen LogP contribution in [0.4, 0.5) is 0 Å². The predicted molar refractivity (Wildman–Crippen MR) is 107 cm³/mol. The molecule has 28 heavy (non-hydrogen) atoms. The zero-order valence-electron chi connectivity index (χ0n) is 16.8. The van der Waals surface area contributed by atoms with E-state index in [-0.39, 0.29) is 5.91 Å². The molecular weight excluding hydrogens is 356 g/mol. The summed E-state index contributed by atoms with van der Waals surface area (Å²) in [5.74, 6) is 1.55. The molecule has 1 fully saturated rings. The molecule has 6 heteroatoms. The highest BCUT2D eigenvalue weighted by Crippen LogP contribution is 2.23. The van der Waals surface area contributed by atoms with Crippen LogP contribution in [-0.2, 0) is 17.9 Å². The lowest BCUT2D eigenvalue weighted by Crippen LogP contribution is -2.40. The summed E-state index contributed by atoms with van der Waals surface area (Å²) in [6, 6.07) is 9.74. The van der Waals surface area contributed by atoms with Gasteiger partial charge in [-0.25, -0.2) is 0 Å². The number of amides is 1. The first-order valence-corrected chi connectivity index (χ1v) is 9.97. The molecule has 1 aromatic heterocycles. The van der Waals surface area contributed by atoms with Gasteiger partial charge in [-0.15, -0.1) is 0 Å². The minimum atomic E-state index is -0.141. The van der Waals surface area contributed by atoms with Crippen molar-refractivity contribution in [1.29, 1.82) is 0 Å². The number of nitrogens with one attached hydrogen (secondary N) is 1. The minimum Gasteiger partial charge on any atom is -0.496 e. The van der Waals surface area contributed by atoms with Crippen LogP contribution >= 0.6 is 0 Å². The van der Waals surface area contributed by atoms with Gasteiger partial charge >= 0.3 is 0 Å². The van der Waals surface area contributed by atoms with Crippen molar-refractivity contribution in [2.75, 3.05) is 33.4 Å². The summed E-state index contributed by atoms with van der Waals surface area (Å²) < 4.78 is 16.2. The number of rotatable bonds is 9. The van der Waals surface area contributed by atoms with Gasteiger partial charge in [0.15, 0.2) is 5.76 Å². The first-order chi connectivity index (χ1) is 13.7. The SMILES string of the molecule is CCOCc1cc(CN2CCCC(CNC(=O)c3ccco3)C2)ccc1OC. The number of piperidine rings is 1. The van der Waals surface area contributed by atoms with Crippen molar-refractivity contribution < 1.29 is 18.7 Å². The molecule has 6 nitrogen and oxygen atoms in total. The standard InChI is InChI=1S/C22H30N2O4/c1-3-27-16-19-12-17(8-9-20(19)26-2)14-24-10-4-6-18(15-24)13-23-22(25)21-7-5-11-28-21/h5,7-9,11-12,18H,3-4,6,10,13-16H2,1-2H3,(H,23,25). The summed E-state index contributed by atoms with van der Waals surface area (Å²) in [6.45, 7) is 6.87. The van der Waals surface area contributed by atoms with Gasteiger partial charge in [0.2, 0.25) is 0 Å². The Hall–Kier alpha value is -2.31. The van der Waals surface area contributed by atoms with Crippen molar-refractivity contribution in [2.45, 2.75) is 32.9 Å². The molecule has 0 bridgehead atoms. The third-order valence-electron chi connectivity index (χ3n) is 5.11. The van der Waals surface area contributed by atoms with Crippen LogP contribution in [0.2, 0.25) is 0 Å². The molecule has 1 atom stereocenters. The minimum absolute atomic E-state index is 0.141. The van der Waals surface area contributed by atoms with Crippen LogP contribution in [0.25, 0.3) is 0 Å². The van der Waals surface area contributed by atoms with Crippen LogP contribution in [-0.4, -0.2) is 44.2 Å². The fourth-order valence-corrected chi connectivity index (χ4v) is 3.71. The second kappa shape index (κ2) is 10.3. The molecular formula is C22H30N2O4. The highest BCUT2D eigenvalue weighted by Gasteiger charge is 2.21. The average Bonchev–Trinajstić information content (AvgIpc) is 3.26. The highest BCUT2D eigenvalue weighted by molar-refractivity contribution is 5.91. The normalized spacial score (nSPS) is 17.4. The molecule has 1 aliphatic heterocycles. The van der Waals surface area contributed by atoms with E-state index in [9.17, 15) is 4.79 Å². The highest BCUT2D eigenvalue weighted by atomic mass is 16.5. The van der Waals surface area contributed by atoms with Gasteiger partial charge in [-0.3, -0.25) is 9.69 Å². The first kappa shape index (κ1) is 20.4. The number of hydrogen-bond acceptors (Lipinski definition) is 5. The monoisotopic (exact) mass is 386 g/mol. The Kier molecular flexibility index (Phi) is 7.51. The Morgan fingerprint density at radius 3 is 3.00 bits per heavy atom. The molecule has 1 N–H and O–H groups in total. The van der Waals surface area contributed by atoms with Gasteiger partial charge in [0.25, 0.3) is 5.91 Å². The van der Waals surface area contributed by atoms with E-state index in [0.29, 0.717) is 31.4 Å². The Bertz CT molecular complexity index is 745. The third-order valence-corrected chi connectivity index (χ3v) is 5.11.